The molecule has 1 atom stereocenters. The highest BCUT2D eigenvalue weighted by molar-refractivity contribution is 9.10. The number of hydrogen-bond donors (Lipinski definition) is 1. The summed E-state index contributed by atoms with van der Waals surface area (Å²) in [6, 6.07) is 13.3. The van der Waals surface area contributed by atoms with Crippen molar-refractivity contribution in [2.24, 2.45) is 0 Å². The van der Waals surface area contributed by atoms with Crippen molar-refractivity contribution in [3.8, 4) is 5.75 Å². The van der Waals surface area contributed by atoms with Crippen LogP contribution in [0.3, 0.4) is 0 Å². The largest absolute Gasteiger partial charge is 0.483 e. The molecule has 5 nitrogen and oxygen atoms in total. The van der Waals surface area contributed by atoms with E-state index in [1.54, 1.807) is 11.8 Å². The molecule has 1 aliphatic carbocycles. The van der Waals surface area contributed by atoms with Gasteiger partial charge in [0.15, 0.2) is 6.61 Å². The number of benzene rings is 2. The van der Waals surface area contributed by atoms with Crippen molar-refractivity contribution in [1.29, 1.82) is 0 Å². The van der Waals surface area contributed by atoms with Crippen LogP contribution in [0.1, 0.15) is 70.9 Å². The van der Waals surface area contributed by atoms with Crippen molar-refractivity contribution >= 4 is 43.7 Å². The summed E-state index contributed by atoms with van der Waals surface area (Å²) in [6.07, 6.45) is 5.50. The van der Waals surface area contributed by atoms with E-state index < -0.39 is 6.04 Å². The SMILES string of the molecule is C[C@@H](C(=O)NC1CCCCC1)N(Cc1ccc(Br)cc1)C(=O)COc1ccc(C(C)(C)C)cc1Br. The summed E-state index contributed by atoms with van der Waals surface area (Å²) in [4.78, 5) is 28.1. The normalized spacial score (nSPS) is 15.4. The van der Waals surface area contributed by atoms with E-state index in [0.717, 1.165) is 40.2 Å². The molecule has 190 valence electrons. The van der Waals surface area contributed by atoms with E-state index >= 15 is 0 Å². The molecule has 7 heteroatoms. The van der Waals surface area contributed by atoms with Gasteiger partial charge in [-0.1, -0.05) is 74.2 Å². The number of carbonyl (C=O) groups excluding carboxylic acids is 2. The van der Waals surface area contributed by atoms with Crippen LogP contribution >= 0.6 is 31.9 Å². The van der Waals surface area contributed by atoms with Crippen molar-refractivity contribution in [1.82, 2.24) is 10.2 Å². The first-order valence-corrected chi connectivity index (χ1v) is 13.9. The molecule has 2 aromatic rings. The second-order valence-corrected chi connectivity index (χ2v) is 12.1. The van der Waals surface area contributed by atoms with E-state index in [1.807, 2.05) is 42.5 Å². The molecule has 35 heavy (non-hydrogen) atoms. The fraction of sp³-hybridized carbons (Fsp3) is 0.500. The molecule has 0 aliphatic heterocycles. The number of hydrogen-bond acceptors (Lipinski definition) is 3. The maximum absolute atomic E-state index is 13.4. The predicted molar refractivity (Wildman–Crippen MR) is 148 cm³/mol. The number of ether oxygens (including phenoxy) is 1. The predicted octanol–water partition coefficient (Wildman–Crippen LogP) is 6.75. The van der Waals surface area contributed by atoms with Gasteiger partial charge in [-0.2, -0.15) is 0 Å². The average molecular weight is 608 g/mol. The van der Waals surface area contributed by atoms with Crippen LogP contribution in [0.5, 0.6) is 5.75 Å². The zero-order valence-corrected chi connectivity index (χ0v) is 24.2. The van der Waals surface area contributed by atoms with Crippen molar-refractivity contribution in [2.75, 3.05) is 6.61 Å². The van der Waals surface area contributed by atoms with Gasteiger partial charge in [0.2, 0.25) is 5.91 Å². The van der Waals surface area contributed by atoms with Crippen LogP contribution in [0, 0.1) is 0 Å². The third-order valence-electron chi connectivity index (χ3n) is 6.53. The molecule has 1 fully saturated rings. The van der Waals surface area contributed by atoms with E-state index in [4.69, 9.17) is 4.74 Å². The molecule has 2 amide bonds. The van der Waals surface area contributed by atoms with Gasteiger partial charge >= 0.3 is 0 Å². The lowest BCUT2D eigenvalue weighted by Gasteiger charge is -2.31. The Balaban J connectivity index is 1.72. The Hall–Kier alpha value is -1.86. The van der Waals surface area contributed by atoms with Gasteiger partial charge in [-0.3, -0.25) is 9.59 Å². The van der Waals surface area contributed by atoms with Crippen LogP contribution in [0.25, 0.3) is 0 Å². The van der Waals surface area contributed by atoms with Gasteiger partial charge < -0.3 is 15.0 Å². The minimum atomic E-state index is -0.608. The number of nitrogens with zero attached hydrogens (tertiary/aromatic N) is 1. The molecule has 1 saturated carbocycles. The molecule has 2 aromatic carbocycles. The van der Waals surface area contributed by atoms with E-state index in [1.165, 1.54) is 12.0 Å². The van der Waals surface area contributed by atoms with E-state index in [-0.39, 0.29) is 29.9 Å². The third-order valence-corrected chi connectivity index (χ3v) is 7.68. The number of rotatable bonds is 8. The second kappa shape index (κ2) is 12.4. The Morgan fingerprint density at radius 1 is 1.06 bits per heavy atom. The molecule has 0 bridgehead atoms. The van der Waals surface area contributed by atoms with Gasteiger partial charge in [0.25, 0.3) is 5.91 Å². The van der Waals surface area contributed by atoms with Crippen LogP contribution in [0.15, 0.2) is 51.4 Å². The highest BCUT2D eigenvalue weighted by Gasteiger charge is 2.28. The van der Waals surface area contributed by atoms with Crippen molar-refractivity contribution in [3.63, 3.8) is 0 Å². The fourth-order valence-electron chi connectivity index (χ4n) is 4.24. The van der Waals surface area contributed by atoms with Gasteiger partial charge in [0, 0.05) is 17.1 Å². The van der Waals surface area contributed by atoms with Crippen molar-refractivity contribution in [3.05, 3.63) is 62.5 Å². The first-order valence-electron chi connectivity index (χ1n) is 12.3. The van der Waals surface area contributed by atoms with Gasteiger partial charge in [0.1, 0.15) is 11.8 Å². The van der Waals surface area contributed by atoms with Crippen LogP contribution in [0.2, 0.25) is 0 Å². The maximum atomic E-state index is 13.4. The lowest BCUT2D eigenvalue weighted by atomic mass is 9.87. The molecule has 0 unspecified atom stereocenters. The molecule has 0 aromatic heterocycles. The van der Waals surface area contributed by atoms with Gasteiger partial charge in [-0.05, 0) is 76.5 Å². The summed E-state index contributed by atoms with van der Waals surface area (Å²) in [7, 11) is 0. The Labute approximate surface area is 226 Å². The molecule has 3 rings (SSSR count). The highest BCUT2D eigenvalue weighted by atomic mass is 79.9. The monoisotopic (exact) mass is 606 g/mol. The van der Waals surface area contributed by atoms with Gasteiger partial charge in [0.05, 0.1) is 4.47 Å². The quantitative estimate of drug-likeness (QED) is 0.361. The summed E-state index contributed by atoms with van der Waals surface area (Å²) in [6.45, 7) is 8.43. The van der Waals surface area contributed by atoms with Gasteiger partial charge in [-0.25, -0.2) is 0 Å². The molecule has 0 saturated heterocycles. The van der Waals surface area contributed by atoms with E-state index in [2.05, 4.69) is 57.9 Å². The molecular weight excluding hydrogens is 572 g/mol. The molecule has 0 spiro atoms. The summed E-state index contributed by atoms with van der Waals surface area (Å²) < 4.78 is 7.68. The minimum Gasteiger partial charge on any atom is -0.483 e. The number of nitrogens with one attached hydrogen (secondary N) is 1. The van der Waals surface area contributed by atoms with Crippen molar-refractivity contribution in [2.45, 2.75) is 83.8 Å². The summed E-state index contributed by atoms with van der Waals surface area (Å²) in [5.41, 5.74) is 2.14. The molecule has 1 aliphatic rings. The zero-order chi connectivity index (χ0) is 25.6. The topological polar surface area (TPSA) is 58.6 Å². The lowest BCUT2D eigenvalue weighted by molar-refractivity contribution is -0.142. The number of halogens is 2. The second-order valence-electron chi connectivity index (χ2n) is 10.4. The summed E-state index contributed by atoms with van der Waals surface area (Å²) in [5.74, 6) is 0.262. The molecule has 1 N–H and O–H groups in total. The molecule has 0 radical (unpaired) electrons. The Bertz CT molecular complexity index is 1010. The molecular formula is C28H36Br2N2O3. The fourth-order valence-corrected chi connectivity index (χ4v) is 5.00. The van der Waals surface area contributed by atoms with E-state index in [0.29, 0.717) is 12.3 Å². The zero-order valence-electron chi connectivity index (χ0n) is 21.1. The third kappa shape index (κ3) is 8.07. The molecule has 0 heterocycles. The first kappa shape index (κ1) is 27.7. The number of amides is 2. The smallest absolute Gasteiger partial charge is 0.261 e. The number of carbonyl (C=O) groups is 2. The lowest BCUT2D eigenvalue weighted by Crippen LogP contribution is -2.51. The van der Waals surface area contributed by atoms with Crippen LogP contribution in [0.4, 0.5) is 0 Å². The average Bonchev–Trinajstić information content (AvgIpc) is 2.82. The van der Waals surface area contributed by atoms with Crippen molar-refractivity contribution < 1.29 is 14.3 Å². The Kier molecular flexibility index (Phi) is 9.82. The Morgan fingerprint density at radius 3 is 2.31 bits per heavy atom. The van der Waals surface area contributed by atoms with Crippen LogP contribution in [-0.2, 0) is 21.5 Å². The Morgan fingerprint density at radius 2 is 1.71 bits per heavy atom. The van der Waals surface area contributed by atoms with E-state index in [9.17, 15) is 9.59 Å². The first-order chi connectivity index (χ1) is 16.5. The highest BCUT2D eigenvalue weighted by Crippen LogP contribution is 2.31. The minimum absolute atomic E-state index is 0.0134. The summed E-state index contributed by atoms with van der Waals surface area (Å²) >= 11 is 7.03. The van der Waals surface area contributed by atoms with Crippen LogP contribution in [-0.4, -0.2) is 35.4 Å². The van der Waals surface area contributed by atoms with Crippen LogP contribution < -0.4 is 10.1 Å². The standard InChI is InChI=1S/C28H36Br2N2O3/c1-19(27(34)31-23-8-6-5-7-9-23)32(17-20-10-13-22(29)14-11-20)26(33)18-35-25-15-12-21(16-24(25)30)28(2,3)4/h10-16,19,23H,5-9,17-18H2,1-4H3,(H,31,34)/t19-/m0/s1. The maximum Gasteiger partial charge on any atom is 0.261 e. The van der Waals surface area contributed by atoms with Gasteiger partial charge in [-0.15, -0.1) is 0 Å². The summed E-state index contributed by atoms with van der Waals surface area (Å²) in [5, 5.41) is 3.16.